The van der Waals surface area contributed by atoms with E-state index in [2.05, 4.69) is 16.0 Å². The number of carbonyl (C=O) groups excluding carboxylic acids is 3. The molecule has 9 nitrogen and oxygen atoms in total. The topological polar surface area (TPSA) is 134 Å². The van der Waals surface area contributed by atoms with Crippen LogP contribution in [0.2, 0.25) is 0 Å². The van der Waals surface area contributed by atoms with E-state index in [9.17, 15) is 19.2 Å². The van der Waals surface area contributed by atoms with Crippen LogP contribution >= 0.6 is 0 Å². The number of rotatable bonds is 13. The first-order valence-electron chi connectivity index (χ1n) is 14.1. The third-order valence-electron chi connectivity index (χ3n) is 6.65. The lowest BCUT2D eigenvalue weighted by molar-refractivity contribution is -0.131. The number of carboxylic acid groups (broad SMARTS) is 1. The van der Waals surface area contributed by atoms with Crippen LogP contribution in [0.4, 0.5) is 10.5 Å². The molecular weight excluding hydrogens is 558 g/mol. The molecule has 0 saturated heterocycles. The van der Waals surface area contributed by atoms with E-state index in [4.69, 9.17) is 9.84 Å². The third kappa shape index (κ3) is 9.70. The first-order chi connectivity index (χ1) is 21.4. The molecule has 0 aliphatic carbocycles. The molecule has 0 fully saturated rings. The Morgan fingerprint density at radius 2 is 1.41 bits per heavy atom. The molecule has 0 bridgehead atoms. The van der Waals surface area contributed by atoms with Gasteiger partial charge in [-0.2, -0.15) is 0 Å². The number of carbonyl (C=O) groups is 4. The summed E-state index contributed by atoms with van der Waals surface area (Å²) in [5.74, 6) is -2.04. The molecule has 0 unspecified atom stereocenters. The highest BCUT2D eigenvalue weighted by Gasteiger charge is 2.22. The standard InChI is InChI=1S/C35H33N3O6/c39-32(40)22-21-28-14-7-8-15-30(28)37-34(42)31(16-9-23-36-35(43)44-24-25-10-3-1-4-11-25)38-33(41)29-19-17-27(18-20-29)26-12-5-2-6-13-26/h1-8,10-15,17-22,31H,9,16,23-24H2,(H,36,43)(H,37,42)(H,38,41)(H,39,40)/b22-21+/t31-/m0/s1. The maximum absolute atomic E-state index is 13.4. The van der Waals surface area contributed by atoms with Crippen LogP contribution in [0.5, 0.6) is 0 Å². The van der Waals surface area contributed by atoms with Gasteiger partial charge in [0.1, 0.15) is 12.6 Å². The number of aliphatic carboxylic acids is 1. The average molecular weight is 592 g/mol. The molecule has 0 heterocycles. The lowest BCUT2D eigenvalue weighted by Crippen LogP contribution is -2.44. The first kappa shape index (κ1) is 31.2. The lowest BCUT2D eigenvalue weighted by atomic mass is 10.0. The number of amides is 3. The zero-order valence-electron chi connectivity index (χ0n) is 23.9. The Kier molecular flexibility index (Phi) is 11.4. The molecule has 0 aliphatic rings. The monoisotopic (exact) mass is 591 g/mol. The van der Waals surface area contributed by atoms with Crippen molar-refractivity contribution in [1.29, 1.82) is 0 Å². The molecule has 4 rings (SSSR count). The zero-order valence-corrected chi connectivity index (χ0v) is 23.9. The van der Waals surface area contributed by atoms with Crippen LogP contribution in [0.15, 0.2) is 115 Å². The summed E-state index contributed by atoms with van der Waals surface area (Å²) < 4.78 is 5.23. The molecule has 4 aromatic carbocycles. The van der Waals surface area contributed by atoms with Gasteiger partial charge in [-0.3, -0.25) is 9.59 Å². The second kappa shape index (κ2) is 16.1. The van der Waals surface area contributed by atoms with E-state index in [0.29, 0.717) is 23.2 Å². The molecule has 9 heteroatoms. The van der Waals surface area contributed by atoms with Gasteiger partial charge in [0.2, 0.25) is 5.91 Å². The van der Waals surface area contributed by atoms with E-state index in [1.807, 2.05) is 72.8 Å². The molecule has 0 spiro atoms. The predicted molar refractivity (Wildman–Crippen MR) is 169 cm³/mol. The molecule has 0 aliphatic heterocycles. The van der Waals surface area contributed by atoms with E-state index < -0.39 is 29.9 Å². The number of para-hydroxylation sites is 1. The summed E-state index contributed by atoms with van der Waals surface area (Å²) in [6.07, 6.45) is 2.35. The molecule has 1 atom stereocenters. The number of carboxylic acids is 1. The van der Waals surface area contributed by atoms with Gasteiger partial charge < -0.3 is 25.8 Å². The van der Waals surface area contributed by atoms with Crippen LogP contribution in [0.1, 0.15) is 34.3 Å². The highest BCUT2D eigenvalue weighted by atomic mass is 16.5. The minimum absolute atomic E-state index is 0.132. The third-order valence-corrected chi connectivity index (χ3v) is 6.65. The molecule has 4 N–H and O–H groups in total. The summed E-state index contributed by atoms with van der Waals surface area (Å²) in [6.45, 7) is 0.351. The van der Waals surface area contributed by atoms with Crippen LogP contribution in [0.25, 0.3) is 17.2 Å². The smallest absolute Gasteiger partial charge is 0.407 e. The molecule has 4 aromatic rings. The number of hydrogen-bond acceptors (Lipinski definition) is 5. The van der Waals surface area contributed by atoms with Gasteiger partial charge in [-0.15, -0.1) is 0 Å². The number of benzene rings is 4. The fourth-order valence-corrected chi connectivity index (χ4v) is 4.36. The summed E-state index contributed by atoms with van der Waals surface area (Å²) in [5.41, 5.74) is 4.10. The molecule has 0 aromatic heterocycles. The van der Waals surface area contributed by atoms with Gasteiger partial charge in [0.05, 0.1) is 0 Å². The number of alkyl carbamates (subject to hydrolysis) is 1. The van der Waals surface area contributed by atoms with Crippen LogP contribution < -0.4 is 16.0 Å². The summed E-state index contributed by atoms with van der Waals surface area (Å²) in [5, 5.41) is 17.3. The Labute approximate surface area is 255 Å². The van der Waals surface area contributed by atoms with E-state index in [-0.39, 0.29) is 19.6 Å². The fraction of sp³-hybridized carbons (Fsp3) is 0.143. The van der Waals surface area contributed by atoms with Crippen molar-refractivity contribution in [3.63, 3.8) is 0 Å². The van der Waals surface area contributed by atoms with Crippen molar-refractivity contribution >= 4 is 35.6 Å². The van der Waals surface area contributed by atoms with Gasteiger partial charge in [0, 0.05) is 23.9 Å². The largest absolute Gasteiger partial charge is 0.478 e. The number of nitrogens with one attached hydrogen (secondary N) is 3. The highest BCUT2D eigenvalue weighted by molar-refractivity contribution is 6.02. The lowest BCUT2D eigenvalue weighted by Gasteiger charge is -2.20. The Balaban J connectivity index is 1.40. The SMILES string of the molecule is O=C(O)/C=C/c1ccccc1NC(=O)[C@H](CCCNC(=O)OCc1ccccc1)NC(=O)c1ccc(-c2ccccc2)cc1. The van der Waals surface area contributed by atoms with Gasteiger partial charge in [0.25, 0.3) is 5.91 Å². The molecule has 0 radical (unpaired) electrons. The first-order valence-corrected chi connectivity index (χ1v) is 14.1. The van der Waals surface area contributed by atoms with Crippen molar-refractivity contribution in [2.75, 3.05) is 11.9 Å². The molecular formula is C35H33N3O6. The van der Waals surface area contributed by atoms with Crippen molar-refractivity contribution in [3.8, 4) is 11.1 Å². The Morgan fingerprint density at radius 3 is 2.11 bits per heavy atom. The Bertz CT molecular complexity index is 1590. The van der Waals surface area contributed by atoms with Crippen molar-refractivity contribution in [1.82, 2.24) is 10.6 Å². The van der Waals surface area contributed by atoms with Crippen LogP contribution in [-0.4, -0.2) is 41.6 Å². The van der Waals surface area contributed by atoms with Crippen LogP contribution in [-0.2, 0) is 20.9 Å². The predicted octanol–water partition coefficient (Wildman–Crippen LogP) is 5.90. The summed E-state index contributed by atoms with van der Waals surface area (Å²) >= 11 is 0. The molecule has 3 amide bonds. The number of anilines is 1. The molecule has 224 valence electrons. The second-order valence-electron chi connectivity index (χ2n) is 9.85. The minimum atomic E-state index is -1.12. The van der Waals surface area contributed by atoms with Crippen molar-refractivity contribution in [2.24, 2.45) is 0 Å². The average Bonchev–Trinajstić information content (AvgIpc) is 3.05. The van der Waals surface area contributed by atoms with E-state index in [1.54, 1.807) is 36.4 Å². The van der Waals surface area contributed by atoms with E-state index >= 15 is 0 Å². The van der Waals surface area contributed by atoms with Crippen molar-refractivity contribution < 1.29 is 29.0 Å². The van der Waals surface area contributed by atoms with E-state index in [0.717, 1.165) is 22.8 Å². The van der Waals surface area contributed by atoms with Gasteiger partial charge >= 0.3 is 12.1 Å². The van der Waals surface area contributed by atoms with Crippen molar-refractivity contribution in [2.45, 2.75) is 25.5 Å². The maximum atomic E-state index is 13.4. The molecule has 44 heavy (non-hydrogen) atoms. The van der Waals surface area contributed by atoms with Crippen molar-refractivity contribution in [3.05, 3.63) is 132 Å². The van der Waals surface area contributed by atoms with E-state index in [1.165, 1.54) is 6.08 Å². The molecule has 0 saturated carbocycles. The Hall–Kier alpha value is -5.70. The Morgan fingerprint density at radius 1 is 0.773 bits per heavy atom. The number of ether oxygens (including phenoxy) is 1. The van der Waals surface area contributed by atoms with Gasteiger partial charge in [0.15, 0.2) is 0 Å². The van der Waals surface area contributed by atoms with Crippen LogP contribution in [0.3, 0.4) is 0 Å². The maximum Gasteiger partial charge on any atom is 0.407 e. The summed E-state index contributed by atoms with van der Waals surface area (Å²) in [4.78, 5) is 49.8. The second-order valence-corrected chi connectivity index (χ2v) is 9.85. The summed E-state index contributed by atoms with van der Waals surface area (Å²) in [7, 11) is 0. The highest BCUT2D eigenvalue weighted by Crippen LogP contribution is 2.20. The normalized spacial score (nSPS) is 11.4. The van der Waals surface area contributed by atoms with Gasteiger partial charge in [-0.05, 0) is 59.4 Å². The summed E-state index contributed by atoms with van der Waals surface area (Å²) in [6, 6.07) is 31.9. The fourth-order valence-electron chi connectivity index (χ4n) is 4.36. The van der Waals surface area contributed by atoms with Crippen LogP contribution in [0, 0.1) is 0 Å². The zero-order chi connectivity index (χ0) is 31.1. The minimum Gasteiger partial charge on any atom is -0.478 e. The quantitative estimate of drug-likeness (QED) is 0.113. The van der Waals surface area contributed by atoms with Gasteiger partial charge in [-0.25, -0.2) is 9.59 Å². The van der Waals surface area contributed by atoms with Gasteiger partial charge in [-0.1, -0.05) is 91.0 Å². The number of hydrogen-bond donors (Lipinski definition) is 4.